The van der Waals surface area contributed by atoms with Crippen molar-refractivity contribution in [3.8, 4) is 5.75 Å². The Kier molecular flexibility index (Phi) is 6.18. The molecule has 110 valence electrons. The lowest BCUT2D eigenvalue weighted by atomic mass is 10.1. The van der Waals surface area contributed by atoms with Crippen molar-refractivity contribution in [2.45, 2.75) is 6.92 Å². The highest BCUT2D eigenvalue weighted by atomic mass is 16.5. The normalized spacial score (nSPS) is 10.4. The third kappa shape index (κ3) is 4.66. The maximum absolute atomic E-state index is 12.2. The molecule has 0 radical (unpaired) electrons. The molecule has 0 aliphatic carbocycles. The first kappa shape index (κ1) is 16.2. The molecule has 1 aromatic carbocycles. The summed E-state index contributed by atoms with van der Waals surface area (Å²) in [6.45, 7) is 3.06. The largest absolute Gasteiger partial charge is 0.497 e. The van der Waals surface area contributed by atoms with Crippen LogP contribution in [0.4, 0.5) is 0 Å². The molecule has 0 aliphatic heterocycles. The van der Waals surface area contributed by atoms with Gasteiger partial charge in [-0.15, -0.1) is 0 Å². The van der Waals surface area contributed by atoms with Crippen LogP contribution in [0.25, 0.3) is 0 Å². The third-order valence-corrected chi connectivity index (χ3v) is 3.06. The van der Waals surface area contributed by atoms with E-state index in [2.05, 4.69) is 0 Å². The minimum atomic E-state index is -0.0164. The van der Waals surface area contributed by atoms with E-state index in [1.807, 2.05) is 11.8 Å². The van der Waals surface area contributed by atoms with Crippen molar-refractivity contribution in [3.05, 3.63) is 29.8 Å². The number of rotatable bonds is 7. The van der Waals surface area contributed by atoms with Gasteiger partial charge in [-0.2, -0.15) is 0 Å². The molecule has 0 N–H and O–H groups in total. The van der Waals surface area contributed by atoms with Crippen LogP contribution in [-0.2, 0) is 4.79 Å². The summed E-state index contributed by atoms with van der Waals surface area (Å²) in [6.07, 6.45) is 0. The zero-order chi connectivity index (χ0) is 15.1. The van der Waals surface area contributed by atoms with Crippen molar-refractivity contribution in [2.24, 2.45) is 0 Å². The van der Waals surface area contributed by atoms with E-state index in [1.54, 1.807) is 45.5 Å². The zero-order valence-electron chi connectivity index (χ0n) is 12.5. The topological polar surface area (TPSA) is 49.9 Å². The molecule has 5 heteroatoms. The Hall–Kier alpha value is -1.88. The van der Waals surface area contributed by atoms with E-state index in [0.29, 0.717) is 17.9 Å². The smallest absolute Gasteiger partial charge is 0.236 e. The van der Waals surface area contributed by atoms with Crippen molar-refractivity contribution < 1.29 is 14.3 Å². The molecule has 0 atom stereocenters. The summed E-state index contributed by atoms with van der Waals surface area (Å²) in [7, 11) is 4.98. The van der Waals surface area contributed by atoms with E-state index in [-0.39, 0.29) is 24.8 Å². The van der Waals surface area contributed by atoms with Crippen molar-refractivity contribution in [1.82, 2.24) is 9.80 Å². The number of benzene rings is 1. The molecule has 5 nitrogen and oxygen atoms in total. The van der Waals surface area contributed by atoms with Crippen LogP contribution in [0.2, 0.25) is 0 Å². The molecule has 0 bridgehead atoms. The molecule has 1 aromatic rings. The Morgan fingerprint density at radius 3 is 2.45 bits per heavy atom. The van der Waals surface area contributed by atoms with Crippen LogP contribution >= 0.6 is 0 Å². The van der Waals surface area contributed by atoms with E-state index < -0.39 is 0 Å². The Morgan fingerprint density at radius 2 is 1.90 bits per heavy atom. The maximum Gasteiger partial charge on any atom is 0.236 e. The molecule has 0 unspecified atom stereocenters. The maximum atomic E-state index is 12.2. The Bertz CT molecular complexity index is 472. The van der Waals surface area contributed by atoms with Gasteiger partial charge in [-0.3, -0.25) is 14.5 Å². The number of nitrogens with zero attached hydrogens (tertiary/aromatic N) is 2. The molecule has 0 saturated carbocycles. The molecule has 0 spiro atoms. The second kappa shape index (κ2) is 7.65. The van der Waals surface area contributed by atoms with Gasteiger partial charge in [-0.05, 0) is 18.7 Å². The average molecular weight is 278 g/mol. The van der Waals surface area contributed by atoms with Crippen LogP contribution in [0.5, 0.6) is 5.75 Å². The van der Waals surface area contributed by atoms with Gasteiger partial charge in [0.15, 0.2) is 5.78 Å². The fourth-order valence-electron chi connectivity index (χ4n) is 1.70. The Balaban J connectivity index is 2.69. The van der Waals surface area contributed by atoms with Gasteiger partial charge in [0.2, 0.25) is 5.91 Å². The lowest BCUT2D eigenvalue weighted by molar-refractivity contribution is -0.129. The molecule has 1 rings (SSSR count). The fraction of sp³-hybridized carbons (Fsp3) is 0.467. The number of carbonyl (C=O) groups excluding carboxylic acids is 2. The number of ether oxygens (including phenoxy) is 1. The van der Waals surface area contributed by atoms with Crippen molar-refractivity contribution >= 4 is 11.7 Å². The number of ketones is 1. The predicted molar refractivity (Wildman–Crippen MR) is 78.1 cm³/mol. The second-order valence-corrected chi connectivity index (χ2v) is 4.75. The summed E-state index contributed by atoms with van der Waals surface area (Å²) in [4.78, 5) is 27.2. The molecule has 0 aliphatic rings. The van der Waals surface area contributed by atoms with Gasteiger partial charge >= 0.3 is 0 Å². The highest BCUT2D eigenvalue weighted by Crippen LogP contribution is 2.13. The minimum absolute atomic E-state index is 0.00899. The van der Waals surface area contributed by atoms with Gasteiger partial charge in [-0.25, -0.2) is 0 Å². The number of methoxy groups -OCH3 is 1. The molecule has 0 aromatic heterocycles. The monoisotopic (exact) mass is 278 g/mol. The molecule has 0 fully saturated rings. The summed E-state index contributed by atoms with van der Waals surface area (Å²) in [5.74, 6) is 0.630. The standard InChI is InChI=1S/C15H22N2O3/c1-5-17(11-15(19)16(2)3)10-14(18)12-7-6-8-13(9-12)20-4/h6-9H,5,10-11H2,1-4H3. The second-order valence-electron chi connectivity index (χ2n) is 4.75. The number of Topliss-reactive ketones (excluding diaryl/α,β-unsaturated/α-hetero) is 1. The summed E-state index contributed by atoms with van der Waals surface area (Å²) in [6, 6.07) is 7.05. The van der Waals surface area contributed by atoms with Gasteiger partial charge in [0.05, 0.1) is 20.2 Å². The summed E-state index contributed by atoms with van der Waals surface area (Å²) >= 11 is 0. The first-order valence-electron chi connectivity index (χ1n) is 6.57. The van der Waals surface area contributed by atoms with Crippen LogP contribution in [0.15, 0.2) is 24.3 Å². The predicted octanol–water partition coefficient (Wildman–Crippen LogP) is 1.29. The van der Waals surface area contributed by atoms with E-state index in [4.69, 9.17) is 4.74 Å². The number of hydrogen-bond acceptors (Lipinski definition) is 4. The van der Waals surface area contributed by atoms with Crippen LogP contribution in [0, 0.1) is 0 Å². The molecular weight excluding hydrogens is 256 g/mol. The Morgan fingerprint density at radius 1 is 1.20 bits per heavy atom. The van der Waals surface area contributed by atoms with E-state index in [1.165, 1.54) is 4.90 Å². The summed E-state index contributed by atoms with van der Waals surface area (Å²) < 4.78 is 5.11. The van der Waals surface area contributed by atoms with Crippen molar-refractivity contribution in [2.75, 3.05) is 40.8 Å². The average Bonchev–Trinajstić information content (AvgIpc) is 2.46. The van der Waals surface area contributed by atoms with Crippen LogP contribution in [-0.4, -0.2) is 62.3 Å². The zero-order valence-corrected chi connectivity index (χ0v) is 12.5. The van der Waals surface area contributed by atoms with Crippen LogP contribution in [0.3, 0.4) is 0 Å². The number of amides is 1. The lowest BCUT2D eigenvalue weighted by Crippen LogP contribution is -2.39. The molecule has 0 saturated heterocycles. The van der Waals surface area contributed by atoms with Gasteiger partial charge in [0.25, 0.3) is 0 Å². The molecule has 1 amide bonds. The SMILES string of the molecule is CCN(CC(=O)c1cccc(OC)c1)CC(=O)N(C)C. The van der Waals surface area contributed by atoms with E-state index in [0.717, 1.165) is 0 Å². The first-order chi connectivity index (χ1) is 9.47. The van der Waals surface area contributed by atoms with Crippen LogP contribution in [0.1, 0.15) is 17.3 Å². The van der Waals surface area contributed by atoms with Crippen LogP contribution < -0.4 is 4.74 Å². The first-order valence-corrected chi connectivity index (χ1v) is 6.57. The summed E-state index contributed by atoms with van der Waals surface area (Å²) in [5, 5.41) is 0. The number of hydrogen-bond donors (Lipinski definition) is 0. The van der Waals surface area contributed by atoms with Gasteiger partial charge in [0, 0.05) is 19.7 Å². The van der Waals surface area contributed by atoms with Gasteiger partial charge < -0.3 is 9.64 Å². The summed E-state index contributed by atoms with van der Waals surface area (Å²) in [5.41, 5.74) is 0.597. The van der Waals surface area contributed by atoms with Gasteiger partial charge in [0.1, 0.15) is 5.75 Å². The molecule has 20 heavy (non-hydrogen) atoms. The molecule has 0 heterocycles. The van der Waals surface area contributed by atoms with Crippen molar-refractivity contribution in [1.29, 1.82) is 0 Å². The Labute approximate surface area is 120 Å². The third-order valence-electron chi connectivity index (χ3n) is 3.06. The lowest BCUT2D eigenvalue weighted by Gasteiger charge is -2.21. The fourth-order valence-corrected chi connectivity index (χ4v) is 1.70. The highest BCUT2D eigenvalue weighted by molar-refractivity contribution is 5.98. The minimum Gasteiger partial charge on any atom is -0.497 e. The van der Waals surface area contributed by atoms with E-state index in [9.17, 15) is 9.59 Å². The number of carbonyl (C=O) groups is 2. The molecular formula is C15H22N2O3. The highest BCUT2D eigenvalue weighted by Gasteiger charge is 2.15. The quantitative estimate of drug-likeness (QED) is 0.705. The van der Waals surface area contributed by atoms with Crippen molar-refractivity contribution in [3.63, 3.8) is 0 Å². The number of likely N-dealkylation sites (N-methyl/N-ethyl adjacent to an activating group) is 2. The van der Waals surface area contributed by atoms with Gasteiger partial charge in [-0.1, -0.05) is 19.1 Å². The van der Waals surface area contributed by atoms with E-state index >= 15 is 0 Å².